The SMILES string of the molecule is CCCNc1nnc(SC(C)C(=O)NC(C)c2ccccc2)s1. The number of amides is 1. The first-order chi connectivity index (χ1) is 11.1. The first kappa shape index (κ1) is 17.7. The van der Waals surface area contributed by atoms with E-state index in [9.17, 15) is 4.79 Å². The maximum atomic E-state index is 12.3. The van der Waals surface area contributed by atoms with Crippen molar-refractivity contribution in [2.45, 2.75) is 42.8 Å². The summed E-state index contributed by atoms with van der Waals surface area (Å²) in [5, 5.41) is 15.0. The van der Waals surface area contributed by atoms with Crippen LogP contribution in [0.5, 0.6) is 0 Å². The van der Waals surface area contributed by atoms with Gasteiger partial charge in [0, 0.05) is 6.54 Å². The van der Waals surface area contributed by atoms with Gasteiger partial charge in [0.05, 0.1) is 11.3 Å². The molecule has 0 spiro atoms. The van der Waals surface area contributed by atoms with E-state index in [2.05, 4.69) is 27.8 Å². The summed E-state index contributed by atoms with van der Waals surface area (Å²) in [6, 6.07) is 9.93. The molecule has 0 aliphatic rings. The average molecular weight is 351 g/mol. The van der Waals surface area contributed by atoms with Gasteiger partial charge < -0.3 is 10.6 Å². The number of hydrogen-bond donors (Lipinski definition) is 2. The second kappa shape index (κ2) is 8.88. The second-order valence-electron chi connectivity index (χ2n) is 5.20. The minimum absolute atomic E-state index is 0.00428. The van der Waals surface area contributed by atoms with E-state index in [0.717, 1.165) is 28.0 Å². The van der Waals surface area contributed by atoms with Crippen molar-refractivity contribution in [3.8, 4) is 0 Å². The Hall–Kier alpha value is -1.60. The molecule has 0 fully saturated rings. The molecule has 1 amide bonds. The minimum atomic E-state index is -0.215. The fourth-order valence-corrected chi connectivity index (χ4v) is 3.85. The molecular formula is C16H22N4OS2. The number of nitrogens with zero attached hydrogens (tertiary/aromatic N) is 2. The van der Waals surface area contributed by atoms with E-state index in [1.54, 1.807) is 0 Å². The molecule has 0 bridgehead atoms. The quantitative estimate of drug-likeness (QED) is 0.710. The largest absolute Gasteiger partial charge is 0.360 e. The summed E-state index contributed by atoms with van der Waals surface area (Å²) in [6.45, 7) is 6.86. The van der Waals surface area contributed by atoms with Crippen molar-refractivity contribution in [1.82, 2.24) is 15.5 Å². The van der Waals surface area contributed by atoms with Gasteiger partial charge in [0.1, 0.15) is 0 Å². The third-order valence-corrected chi connectivity index (χ3v) is 5.30. The van der Waals surface area contributed by atoms with Gasteiger partial charge in [-0.2, -0.15) is 0 Å². The number of anilines is 1. The number of thioether (sulfide) groups is 1. The van der Waals surface area contributed by atoms with Crippen LogP contribution in [0.3, 0.4) is 0 Å². The zero-order valence-corrected chi connectivity index (χ0v) is 15.2. The number of rotatable bonds is 8. The Bertz CT molecular complexity index is 618. The minimum Gasteiger partial charge on any atom is -0.360 e. The molecule has 2 N–H and O–H groups in total. The summed E-state index contributed by atoms with van der Waals surface area (Å²) in [5.74, 6) is 0.00428. The number of nitrogens with one attached hydrogen (secondary N) is 2. The van der Waals surface area contributed by atoms with E-state index in [1.807, 2.05) is 44.2 Å². The third-order valence-electron chi connectivity index (χ3n) is 3.24. The molecule has 0 aliphatic carbocycles. The van der Waals surface area contributed by atoms with Crippen molar-refractivity contribution in [1.29, 1.82) is 0 Å². The van der Waals surface area contributed by atoms with E-state index in [-0.39, 0.29) is 17.2 Å². The molecule has 0 radical (unpaired) electrons. The highest BCUT2D eigenvalue weighted by Crippen LogP contribution is 2.29. The van der Waals surface area contributed by atoms with Crippen LogP contribution < -0.4 is 10.6 Å². The molecule has 0 saturated heterocycles. The van der Waals surface area contributed by atoms with E-state index in [4.69, 9.17) is 0 Å². The zero-order valence-electron chi connectivity index (χ0n) is 13.6. The Labute approximate surface area is 145 Å². The van der Waals surface area contributed by atoms with Gasteiger partial charge in [-0.25, -0.2) is 0 Å². The zero-order chi connectivity index (χ0) is 16.7. The fourth-order valence-electron chi connectivity index (χ4n) is 1.92. The molecule has 2 atom stereocenters. The summed E-state index contributed by atoms with van der Waals surface area (Å²) >= 11 is 2.92. The van der Waals surface area contributed by atoms with Gasteiger partial charge in [-0.1, -0.05) is 60.4 Å². The Morgan fingerprint density at radius 1 is 1.26 bits per heavy atom. The van der Waals surface area contributed by atoms with Crippen LogP contribution in [0.4, 0.5) is 5.13 Å². The monoisotopic (exact) mass is 350 g/mol. The van der Waals surface area contributed by atoms with Crippen LogP contribution in [0.25, 0.3) is 0 Å². The van der Waals surface area contributed by atoms with Crippen LogP contribution in [0.2, 0.25) is 0 Å². The molecule has 0 saturated carbocycles. The van der Waals surface area contributed by atoms with E-state index >= 15 is 0 Å². The molecule has 1 aromatic carbocycles. The Balaban J connectivity index is 1.86. The van der Waals surface area contributed by atoms with Crippen molar-refractivity contribution in [2.24, 2.45) is 0 Å². The molecular weight excluding hydrogens is 328 g/mol. The highest BCUT2D eigenvalue weighted by Gasteiger charge is 2.19. The molecule has 124 valence electrons. The summed E-state index contributed by atoms with van der Waals surface area (Å²) in [7, 11) is 0. The molecule has 1 heterocycles. The number of hydrogen-bond acceptors (Lipinski definition) is 6. The number of carbonyl (C=O) groups excluding carboxylic acids is 1. The molecule has 2 rings (SSSR count). The van der Waals surface area contributed by atoms with Crippen LogP contribution in [0.1, 0.15) is 38.8 Å². The number of carbonyl (C=O) groups is 1. The number of aromatic nitrogens is 2. The van der Waals surface area contributed by atoms with E-state index in [1.165, 1.54) is 23.1 Å². The first-order valence-corrected chi connectivity index (χ1v) is 9.39. The first-order valence-electron chi connectivity index (χ1n) is 7.69. The Morgan fingerprint density at radius 3 is 2.70 bits per heavy atom. The highest BCUT2D eigenvalue weighted by atomic mass is 32.2. The second-order valence-corrected chi connectivity index (χ2v) is 7.77. The lowest BCUT2D eigenvalue weighted by atomic mass is 10.1. The van der Waals surface area contributed by atoms with Crippen molar-refractivity contribution >= 4 is 34.1 Å². The lowest BCUT2D eigenvalue weighted by Gasteiger charge is -2.17. The fraction of sp³-hybridized carbons (Fsp3) is 0.438. The third kappa shape index (κ3) is 5.51. The van der Waals surface area contributed by atoms with Crippen LogP contribution in [0.15, 0.2) is 34.7 Å². The molecule has 2 aromatic rings. The van der Waals surface area contributed by atoms with Gasteiger partial charge in [-0.15, -0.1) is 10.2 Å². The normalized spacial score (nSPS) is 13.3. The van der Waals surface area contributed by atoms with Gasteiger partial charge >= 0.3 is 0 Å². The molecule has 23 heavy (non-hydrogen) atoms. The van der Waals surface area contributed by atoms with Gasteiger partial charge in [-0.3, -0.25) is 4.79 Å². The summed E-state index contributed by atoms with van der Waals surface area (Å²) < 4.78 is 0.804. The van der Waals surface area contributed by atoms with Crippen molar-refractivity contribution in [3.05, 3.63) is 35.9 Å². The average Bonchev–Trinajstić information content (AvgIpc) is 3.01. The maximum absolute atomic E-state index is 12.3. The van der Waals surface area contributed by atoms with E-state index in [0.29, 0.717) is 0 Å². The molecule has 0 aliphatic heterocycles. The van der Waals surface area contributed by atoms with E-state index < -0.39 is 0 Å². The Morgan fingerprint density at radius 2 is 2.00 bits per heavy atom. The summed E-state index contributed by atoms with van der Waals surface area (Å²) in [5.41, 5.74) is 1.10. The van der Waals surface area contributed by atoms with Crippen molar-refractivity contribution in [2.75, 3.05) is 11.9 Å². The predicted molar refractivity (Wildman–Crippen MR) is 97.0 cm³/mol. The topological polar surface area (TPSA) is 66.9 Å². The molecule has 2 unspecified atom stereocenters. The predicted octanol–water partition coefficient (Wildman–Crippen LogP) is 3.72. The molecule has 5 nitrogen and oxygen atoms in total. The Kier molecular flexibility index (Phi) is 6.85. The van der Waals surface area contributed by atoms with Crippen LogP contribution in [-0.2, 0) is 4.79 Å². The molecule has 1 aromatic heterocycles. The van der Waals surface area contributed by atoms with Crippen LogP contribution in [0, 0.1) is 0 Å². The van der Waals surface area contributed by atoms with Crippen LogP contribution >= 0.6 is 23.1 Å². The van der Waals surface area contributed by atoms with Crippen molar-refractivity contribution in [3.63, 3.8) is 0 Å². The van der Waals surface area contributed by atoms with Crippen molar-refractivity contribution < 1.29 is 4.79 Å². The summed E-state index contributed by atoms with van der Waals surface area (Å²) in [6.07, 6.45) is 1.04. The number of benzene rings is 1. The highest BCUT2D eigenvalue weighted by molar-refractivity contribution is 8.02. The summed E-state index contributed by atoms with van der Waals surface area (Å²) in [4.78, 5) is 12.3. The maximum Gasteiger partial charge on any atom is 0.233 e. The molecule has 7 heteroatoms. The van der Waals surface area contributed by atoms with Gasteiger partial charge in [0.2, 0.25) is 11.0 Å². The van der Waals surface area contributed by atoms with Gasteiger partial charge in [-0.05, 0) is 25.8 Å². The van der Waals surface area contributed by atoms with Crippen LogP contribution in [-0.4, -0.2) is 27.9 Å². The smallest absolute Gasteiger partial charge is 0.233 e. The standard InChI is InChI=1S/C16H22N4OS2/c1-4-10-17-15-19-20-16(23-15)22-12(3)14(21)18-11(2)13-8-6-5-7-9-13/h5-9,11-12H,4,10H2,1-3H3,(H,17,19)(H,18,21). The van der Waals surface area contributed by atoms with Gasteiger partial charge in [0.15, 0.2) is 4.34 Å². The lowest BCUT2D eigenvalue weighted by molar-refractivity contribution is -0.120. The van der Waals surface area contributed by atoms with Gasteiger partial charge in [0.25, 0.3) is 0 Å². The lowest BCUT2D eigenvalue weighted by Crippen LogP contribution is -2.33.